The molecular weight excluding hydrogens is 282 g/mol. The second kappa shape index (κ2) is 4.47. The number of hydrogen-bond donors (Lipinski definition) is 0. The molecule has 3 heteroatoms. The van der Waals surface area contributed by atoms with Crippen molar-refractivity contribution in [2.75, 3.05) is 13.1 Å². The Hall–Kier alpha value is -0.380. The highest BCUT2D eigenvalue weighted by Crippen LogP contribution is 2.33. The summed E-state index contributed by atoms with van der Waals surface area (Å²) < 4.78 is 2.61. The van der Waals surface area contributed by atoms with Crippen molar-refractivity contribution < 1.29 is 0 Å². The molecule has 84 valence electrons. The van der Waals surface area contributed by atoms with Crippen LogP contribution < -0.4 is 0 Å². The normalized spacial score (nSPS) is 17.3. The summed E-state index contributed by atoms with van der Waals surface area (Å²) in [6, 6.07) is 6.49. The Morgan fingerprint density at radius 1 is 1.25 bits per heavy atom. The van der Waals surface area contributed by atoms with Gasteiger partial charge in [0.05, 0.1) is 0 Å². The minimum atomic E-state index is 1.12. The third kappa shape index (κ3) is 1.92. The molecule has 1 nitrogen and oxygen atoms in total. The predicted molar refractivity (Wildman–Crippen MR) is 74.0 cm³/mol. The molecule has 1 aliphatic heterocycles. The molecule has 1 aliphatic rings. The zero-order chi connectivity index (χ0) is 11.0. The summed E-state index contributed by atoms with van der Waals surface area (Å²) in [6.07, 6.45) is 2.73. The van der Waals surface area contributed by atoms with Crippen LogP contribution in [0.3, 0.4) is 0 Å². The summed E-state index contributed by atoms with van der Waals surface area (Å²) in [6.45, 7) is 3.66. The number of likely N-dealkylation sites (tertiary alicyclic amines) is 1. The molecule has 16 heavy (non-hydrogen) atoms. The van der Waals surface area contributed by atoms with E-state index in [0.29, 0.717) is 0 Å². The van der Waals surface area contributed by atoms with E-state index in [1.54, 1.807) is 0 Å². The van der Waals surface area contributed by atoms with Gasteiger partial charge in [-0.2, -0.15) is 0 Å². The van der Waals surface area contributed by atoms with Gasteiger partial charge in [0.15, 0.2) is 0 Å². The second-order valence-corrected chi connectivity index (χ2v) is 6.09. The van der Waals surface area contributed by atoms with Crippen LogP contribution in [-0.2, 0) is 6.54 Å². The molecule has 0 spiro atoms. The molecule has 1 saturated heterocycles. The van der Waals surface area contributed by atoms with E-state index >= 15 is 0 Å². The van der Waals surface area contributed by atoms with Gasteiger partial charge in [0.1, 0.15) is 0 Å². The van der Waals surface area contributed by atoms with E-state index in [-0.39, 0.29) is 0 Å². The van der Waals surface area contributed by atoms with Crippen LogP contribution in [0.5, 0.6) is 0 Å². The monoisotopic (exact) mass is 295 g/mol. The fraction of sp³-hybridized carbons (Fsp3) is 0.385. The first-order chi connectivity index (χ1) is 7.84. The van der Waals surface area contributed by atoms with Gasteiger partial charge in [-0.25, -0.2) is 0 Å². The van der Waals surface area contributed by atoms with Gasteiger partial charge in [-0.3, -0.25) is 4.90 Å². The van der Waals surface area contributed by atoms with Crippen LogP contribution in [-0.4, -0.2) is 18.0 Å². The molecule has 0 N–H and O–H groups in total. The van der Waals surface area contributed by atoms with Crippen LogP contribution in [0.1, 0.15) is 18.4 Å². The summed E-state index contributed by atoms with van der Waals surface area (Å²) in [5.74, 6) is 0. The van der Waals surface area contributed by atoms with Crippen molar-refractivity contribution in [1.82, 2.24) is 4.90 Å². The average molecular weight is 296 g/mol. The Balaban J connectivity index is 1.94. The summed E-state index contributed by atoms with van der Waals surface area (Å²) in [4.78, 5) is 2.56. The predicted octanol–water partition coefficient (Wildman–Crippen LogP) is 4.26. The van der Waals surface area contributed by atoms with Crippen molar-refractivity contribution in [2.45, 2.75) is 19.4 Å². The highest BCUT2D eigenvalue weighted by atomic mass is 79.9. The van der Waals surface area contributed by atoms with Crippen LogP contribution in [0.4, 0.5) is 0 Å². The molecule has 0 amide bonds. The van der Waals surface area contributed by atoms with Gasteiger partial charge in [0, 0.05) is 15.7 Å². The lowest BCUT2D eigenvalue weighted by atomic mass is 10.2. The number of thiophene rings is 1. The summed E-state index contributed by atoms with van der Waals surface area (Å²) in [5.41, 5.74) is 1.49. The molecule has 1 aromatic heterocycles. The fourth-order valence-electron chi connectivity index (χ4n) is 2.38. The Morgan fingerprint density at radius 2 is 2.06 bits per heavy atom. The maximum absolute atomic E-state index is 3.62. The molecular formula is C13H14BrNS. The number of rotatable bonds is 2. The number of hydrogen-bond acceptors (Lipinski definition) is 2. The summed E-state index contributed by atoms with van der Waals surface area (Å²) >= 11 is 5.47. The molecule has 1 aromatic carbocycles. The molecule has 0 bridgehead atoms. The zero-order valence-electron chi connectivity index (χ0n) is 9.08. The van der Waals surface area contributed by atoms with Crippen molar-refractivity contribution in [3.63, 3.8) is 0 Å². The zero-order valence-corrected chi connectivity index (χ0v) is 11.5. The summed E-state index contributed by atoms with van der Waals surface area (Å²) in [5, 5.41) is 3.74. The van der Waals surface area contributed by atoms with Crippen LogP contribution >= 0.6 is 27.3 Å². The van der Waals surface area contributed by atoms with Gasteiger partial charge in [-0.05, 0) is 64.3 Å². The van der Waals surface area contributed by atoms with Crippen LogP contribution in [0, 0.1) is 0 Å². The van der Waals surface area contributed by atoms with Gasteiger partial charge in [-0.1, -0.05) is 12.1 Å². The van der Waals surface area contributed by atoms with Crippen molar-refractivity contribution in [2.24, 2.45) is 0 Å². The smallest absolute Gasteiger partial charge is 0.0488 e. The molecule has 2 heterocycles. The minimum Gasteiger partial charge on any atom is -0.299 e. The average Bonchev–Trinajstić information content (AvgIpc) is 2.90. The van der Waals surface area contributed by atoms with E-state index in [0.717, 1.165) is 6.54 Å². The Labute approximate surface area is 108 Å². The quantitative estimate of drug-likeness (QED) is 0.800. The minimum absolute atomic E-state index is 1.12. The van der Waals surface area contributed by atoms with E-state index in [1.807, 2.05) is 11.3 Å². The van der Waals surface area contributed by atoms with E-state index in [2.05, 4.69) is 44.4 Å². The molecule has 2 aromatic rings. The molecule has 0 unspecified atom stereocenters. The molecule has 0 aliphatic carbocycles. The van der Waals surface area contributed by atoms with Crippen molar-refractivity contribution >= 4 is 37.4 Å². The van der Waals surface area contributed by atoms with Crippen molar-refractivity contribution in [3.05, 3.63) is 33.6 Å². The van der Waals surface area contributed by atoms with E-state index in [9.17, 15) is 0 Å². The molecule has 3 rings (SSSR count). The first kappa shape index (κ1) is 10.8. The van der Waals surface area contributed by atoms with E-state index in [1.165, 1.54) is 46.1 Å². The van der Waals surface area contributed by atoms with Crippen LogP contribution in [0.25, 0.3) is 10.1 Å². The second-order valence-electron chi connectivity index (χ2n) is 4.36. The Bertz CT molecular complexity index is 500. The number of benzene rings is 1. The molecule has 1 fully saturated rings. The number of fused-ring (bicyclic) bond motifs is 1. The third-order valence-electron chi connectivity index (χ3n) is 3.22. The maximum atomic E-state index is 3.62. The fourth-order valence-corrected chi connectivity index (χ4v) is 3.99. The lowest BCUT2D eigenvalue weighted by molar-refractivity contribution is 0.333. The topological polar surface area (TPSA) is 3.24 Å². The first-order valence-electron chi connectivity index (χ1n) is 5.71. The highest BCUT2D eigenvalue weighted by molar-refractivity contribution is 9.10. The largest absolute Gasteiger partial charge is 0.299 e. The van der Waals surface area contributed by atoms with Crippen LogP contribution in [0.2, 0.25) is 0 Å². The van der Waals surface area contributed by atoms with Crippen molar-refractivity contribution in [1.29, 1.82) is 0 Å². The van der Waals surface area contributed by atoms with E-state index < -0.39 is 0 Å². The van der Waals surface area contributed by atoms with Crippen LogP contribution in [0.15, 0.2) is 28.1 Å². The lowest BCUT2D eigenvalue weighted by Crippen LogP contribution is -2.17. The van der Waals surface area contributed by atoms with Crippen molar-refractivity contribution in [3.8, 4) is 0 Å². The Kier molecular flexibility index (Phi) is 3.01. The summed E-state index contributed by atoms with van der Waals surface area (Å²) in [7, 11) is 0. The molecule has 0 radical (unpaired) electrons. The SMILES string of the molecule is Brc1cccc2c(CN3CCCC3)csc12. The lowest BCUT2D eigenvalue weighted by Gasteiger charge is -2.13. The number of nitrogens with zero attached hydrogens (tertiary/aromatic N) is 1. The molecule has 0 saturated carbocycles. The first-order valence-corrected chi connectivity index (χ1v) is 7.39. The van der Waals surface area contributed by atoms with Gasteiger partial charge in [0.2, 0.25) is 0 Å². The number of halogens is 1. The standard InChI is InChI=1S/C13H14BrNS/c14-12-5-3-4-11-10(9-16-13(11)12)8-15-6-1-2-7-15/h3-5,9H,1-2,6-8H2. The van der Waals surface area contributed by atoms with Gasteiger partial charge in [-0.15, -0.1) is 11.3 Å². The van der Waals surface area contributed by atoms with Gasteiger partial charge >= 0.3 is 0 Å². The molecule has 0 atom stereocenters. The van der Waals surface area contributed by atoms with Gasteiger partial charge in [0.25, 0.3) is 0 Å². The highest BCUT2D eigenvalue weighted by Gasteiger charge is 2.14. The van der Waals surface area contributed by atoms with Gasteiger partial charge < -0.3 is 0 Å². The maximum Gasteiger partial charge on any atom is 0.0488 e. The Morgan fingerprint density at radius 3 is 2.88 bits per heavy atom. The van der Waals surface area contributed by atoms with E-state index in [4.69, 9.17) is 0 Å². The third-order valence-corrected chi connectivity index (χ3v) is 5.23.